The van der Waals surface area contributed by atoms with E-state index in [1.165, 1.54) is 12.8 Å². The molecule has 1 amide bonds. The molecule has 8 heteroatoms. The first-order chi connectivity index (χ1) is 14.6. The van der Waals surface area contributed by atoms with Gasteiger partial charge in [-0.05, 0) is 43.7 Å². The van der Waals surface area contributed by atoms with Crippen LogP contribution in [0.3, 0.4) is 0 Å². The zero-order chi connectivity index (χ0) is 20.7. The third kappa shape index (κ3) is 3.75. The number of carbonyl (C=O) groups excluding carboxylic acids is 1. The molecule has 4 heterocycles. The van der Waals surface area contributed by atoms with E-state index < -0.39 is 6.10 Å². The smallest absolute Gasteiger partial charge is 0.270 e. The van der Waals surface area contributed by atoms with Crippen LogP contribution in [0.1, 0.15) is 36.2 Å². The van der Waals surface area contributed by atoms with Crippen molar-refractivity contribution in [3.05, 3.63) is 42.6 Å². The third-order valence-corrected chi connectivity index (χ3v) is 5.99. The van der Waals surface area contributed by atoms with E-state index in [-0.39, 0.29) is 5.91 Å². The van der Waals surface area contributed by atoms with E-state index in [1.54, 1.807) is 28.2 Å². The number of likely N-dealkylation sites (tertiary alicyclic amines) is 1. The van der Waals surface area contributed by atoms with Crippen LogP contribution in [-0.2, 0) is 13.6 Å². The summed E-state index contributed by atoms with van der Waals surface area (Å²) in [4.78, 5) is 24.0. The van der Waals surface area contributed by atoms with Crippen molar-refractivity contribution in [2.24, 2.45) is 13.0 Å². The number of hydrogen-bond acceptors (Lipinski definition) is 5. The second-order valence-corrected chi connectivity index (χ2v) is 8.39. The van der Waals surface area contributed by atoms with Gasteiger partial charge in [-0.3, -0.25) is 9.48 Å². The molecule has 3 aromatic rings. The Kier molecular flexibility index (Phi) is 4.86. The topological polar surface area (TPSA) is 89.1 Å². The van der Waals surface area contributed by atoms with Crippen molar-refractivity contribution in [2.75, 3.05) is 13.1 Å². The number of piperidine rings is 1. The maximum atomic E-state index is 13.2. The Morgan fingerprint density at radius 1 is 1.20 bits per heavy atom. The van der Waals surface area contributed by atoms with Gasteiger partial charge in [0.25, 0.3) is 5.91 Å². The molecular weight excluding hydrogens is 380 g/mol. The van der Waals surface area contributed by atoms with E-state index in [2.05, 4.69) is 19.6 Å². The van der Waals surface area contributed by atoms with Crippen LogP contribution in [0.2, 0.25) is 0 Å². The Labute approximate surface area is 175 Å². The Morgan fingerprint density at radius 2 is 2.00 bits per heavy atom. The maximum Gasteiger partial charge on any atom is 0.270 e. The maximum absolute atomic E-state index is 13.2. The summed E-state index contributed by atoms with van der Waals surface area (Å²) in [6.45, 7) is 1.96. The van der Waals surface area contributed by atoms with Crippen LogP contribution in [0, 0.1) is 5.92 Å². The van der Waals surface area contributed by atoms with Crippen molar-refractivity contribution in [1.82, 2.24) is 29.2 Å². The van der Waals surface area contributed by atoms with Gasteiger partial charge in [0.1, 0.15) is 11.4 Å². The van der Waals surface area contributed by atoms with Crippen molar-refractivity contribution in [2.45, 2.75) is 38.3 Å². The molecule has 2 fully saturated rings. The minimum atomic E-state index is -0.429. The molecule has 1 aliphatic carbocycles. The highest BCUT2D eigenvalue weighted by Crippen LogP contribution is 2.33. The number of amides is 1. The molecule has 0 spiro atoms. The molecule has 5 rings (SSSR count). The Morgan fingerprint density at radius 3 is 2.67 bits per heavy atom. The largest absolute Gasteiger partial charge is 0.391 e. The van der Waals surface area contributed by atoms with Crippen LogP contribution in [0.5, 0.6) is 0 Å². The van der Waals surface area contributed by atoms with Crippen LogP contribution < -0.4 is 0 Å². The molecule has 1 N–H and O–H groups in total. The molecule has 1 atom stereocenters. The van der Waals surface area contributed by atoms with E-state index in [0.29, 0.717) is 30.5 Å². The van der Waals surface area contributed by atoms with Crippen molar-refractivity contribution in [1.29, 1.82) is 0 Å². The molecule has 0 radical (unpaired) electrons. The highest BCUT2D eigenvalue weighted by atomic mass is 16.3. The van der Waals surface area contributed by atoms with Gasteiger partial charge in [-0.1, -0.05) is 0 Å². The summed E-state index contributed by atoms with van der Waals surface area (Å²) in [5.41, 5.74) is 3.35. The van der Waals surface area contributed by atoms with Crippen LogP contribution in [0.4, 0.5) is 0 Å². The predicted octanol–water partition coefficient (Wildman–Crippen LogP) is 2.35. The zero-order valence-corrected chi connectivity index (χ0v) is 17.1. The van der Waals surface area contributed by atoms with Crippen molar-refractivity contribution in [3.63, 3.8) is 0 Å². The van der Waals surface area contributed by atoms with E-state index >= 15 is 0 Å². The van der Waals surface area contributed by atoms with E-state index in [4.69, 9.17) is 0 Å². The van der Waals surface area contributed by atoms with Gasteiger partial charge in [-0.25, -0.2) is 9.97 Å². The summed E-state index contributed by atoms with van der Waals surface area (Å²) >= 11 is 0. The fourth-order valence-electron chi connectivity index (χ4n) is 4.08. The van der Waals surface area contributed by atoms with Crippen LogP contribution in [0.15, 0.2) is 36.9 Å². The number of aliphatic hydroxyl groups is 1. The summed E-state index contributed by atoms with van der Waals surface area (Å²) < 4.78 is 3.82. The number of carbonyl (C=O) groups is 1. The SMILES string of the molecule is Cn1nccc1-c1ncc(-c2cc(C(=O)N3CCCC(O)C3)n(CC3CC3)c2)cn1. The molecule has 1 unspecified atom stereocenters. The summed E-state index contributed by atoms with van der Waals surface area (Å²) in [5.74, 6) is 1.26. The van der Waals surface area contributed by atoms with Gasteiger partial charge in [-0.2, -0.15) is 5.10 Å². The van der Waals surface area contributed by atoms with Gasteiger partial charge in [0.05, 0.1) is 6.10 Å². The summed E-state index contributed by atoms with van der Waals surface area (Å²) in [6.07, 6.45) is 11.0. The van der Waals surface area contributed by atoms with Crippen LogP contribution in [0.25, 0.3) is 22.6 Å². The van der Waals surface area contributed by atoms with Gasteiger partial charge in [-0.15, -0.1) is 0 Å². The number of aromatic nitrogens is 5. The van der Waals surface area contributed by atoms with Gasteiger partial charge >= 0.3 is 0 Å². The fourth-order valence-corrected chi connectivity index (χ4v) is 4.08. The number of rotatable bonds is 5. The number of aryl methyl sites for hydroxylation is 1. The van der Waals surface area contributed by atoms with Crippen molar-refractivity contribution in [3.8, 4) is 22.6 Å². The molecule has 1 aliphatic heterocycles. The highest BCUT2D eigenvalue weighted by Gasteiger charge is 2.28. The lowest BCUT2D eigenvalue weighted by Crippen LogP contribution is -2.42. The summed E-state index contributed by atoms with van der Waals surface area (Å²) in [6, 6.07) is 3.82. The molecule has 1 saturated carbocycles. The molecule has 30 heavy (non-hydrogen) atoms. The highest BCUT2D eigenvalue weighted by molar-refractivity contribution is 5.94. The average Bonchev–Trinajstić information content (AvgIpc) is 3.31. The molecular formula is C22H26N6O2. The predicted molar refractivity (Wildman–Crippen MR) is 112 cm³/mol. The molecule has 156 valence electrons. The molecule has 1 saturated heterocycles. The van der Waals surface area contributed by atoms with Crippen molar-refractivity contribution < 1.29 is 9.90 Å². The first kappa shape index (κ1) is 19.0. The van der Waals surface area contributed by atoms with Crippen LogP contribution >= 0.6 is 0 Å². The lowest BCUT2D eigenvalue weighted by molar-refractivity contribution is 0.0464. The minimum absolute atomic E-state index is 0.00641. The Bertz CT molecular complexity index is 1050. The second-order valence-electron chi connectivity index (χ2n) is 8.39. The number of aliphatic hydroxyl groups excluding tert-OH is 1. The number of nitrogens with zero attached hydrogens (tertiary/aromatic N) is 6. The van der Waals surface area contributed by atoms with Gasteiger partial charge in [0.15, 0.2) is 5.82 Å². The molecule has 0 bridgehead atoms. The van der Waals surface area contributed by atoms with Crippen LogP contribution in [-0.4, -0.2) is 59.4 Å². The molecule has 2 aliphatic rings. The van der Waals surface area contributed by atoms with Gasteiger partial charge in [0, 0.05) is 62.6 Å². The molecule has 8 nitrogen and oxygen atoms in total. The normalized spacial score (nSPS) is 19.3. The Hall–Kier alpha value is -3.00. The van der Waals surface area contributed by atoms with Crippen molar-refractivity contribution >= 4 is 5.91 Å². The molecule has 0 aromatic carbocycles. The standard InChI is InChI=1S/C22H26N6O2/c1-26-19(6-7-25-26)21-23-10-17(11-24-21)16-9-20(28(13-16)12-15-4-5-15)22(30)27-8-2-3-18(29)14-27/h6-7,9-11,13,15,18,29H,2-5,8,12,14H2,1H3. The number of hydrogen-bond donors (Lipinski definition) is 1. The Balaban J connectivity index is 1.44. The first-order valence-corrected chi connectivity index (χ1v) is 10.6. The quantitative estimate of drug-likeness (QED) is 0.703. The number of β-amino-alcohol motifs (C(OH)–C–C–N with tert-alkyl or cyclic N) is 1. The van der Waals surface area contributed by atoms with E-state index in [0.717, 1.165) is 36.2 Å². The van der Waals surface area contributed by atoms with E-state index in [1.807, 2.05) is 25.4 Å². The van der Waals surface area contributed by atoms with Gasteiger partial charge in [0.2, 0.25) is 0 Å². The lowest BCUT2D eigenvalue weighted by atomic mass is 10.1. The minimum Gasteiger partial charge on any atom is -0.391 e. The average molecular weight is 406 g/mol. The lowest BCUT2D eigenvalue weighted by Gasteiger charge is -2.30. The summed E-state index contributed by atoms with van der Waals surface area (Å²) in [5, 5.41) is 14.1. The monoisotopic (exact) mass is 406 g/mol. The fraction of sp³-hybridized carbons (Fsp3) is 0.455. The third-order valence-electron chi connectivity index (χ3n) is 5.99. The van der Waals surface area contributed by atoms with E-state index in [9.17, 15) is 9.90 Å². The zero-order valence-electron chi connectivity index (χ0n) is 17.1. The van der Waals surface area contributed by atoms with Gasteiger partial charge < -0.3 is 14.6 Å². The second kappa shape index (κ2) is 7.68. The molecule has 3 aromatic heterocycles. The summed E-state index contributed by atoms with van der Waals surface area (Å²) in [7, 11) is 1.86. The first-order valence-electron chi connectivity index (χ1n) is 10.6.